The largest absolute Gasteiger partial charge is 0.493 e. The Labute approximate surface area is 212 Å². The van der Waals surface area contributed by atoms with Gasteiger partial charge in [0.25, 0.3) is 5.91 Å². The molecule has 1 N–H and O–H groups in total. The van der Waals surface area contributed by atoms with Crippen molar-refractivity contribution in [2.75, 3.05) is 14.2 Å². The van der Waals surface area contributed by atoms with E-state index in [1.54, 1.807) is 38.5 Å². The summed E-state index contributed by atoms with van der Waals surface area (Å²) in [6, 6.07) is 18.5. The number of ether oxygens (including phenoxy) is 2. The minimum Gasteiger partial charge on any atom is -0.493 e. The Balaban J connectivity index is 1.50. The number of amides is 1. The van der Waals surface area contributed by atoms with E-state index in [1.165, 1.54) is 24.3 Å². The van der Waals surface area contributed by atoms with Crippen LogP contribution in [0.2, 0.25) is 0 Å². The summed E-state index contributed by atoms with van der Waals surface area (Å²) in [5.74, 6) is 1.26. The van der Waals surface area contributed by atoms with Gasteiger partial charge in [0.1, 0.15) is 10.6 Å². The van der Waals surface area contributed by atoms with Gasteiger partial charge in [0.05, 0.1) is 14.2 Å². The molecule has 0 aromatic heterocycles. The van der Waals surface area contributed by atoms with E-state index < -0.39 is 10.1 Å². The molecule has 2 atom stereocenters. The number of carbonyl (C=O) groups is 1. The summed E-state index contributed by atoms with van der Waals surface area (Å²) >= 11 is 0. The van der Waals surface area contributed by atoms with Crippen LogP contribution in [0.4, 0.5) is 0 Å². The van der Waals surface area contributed by atoms with Gasteiger partial charge in [-0.25, -0.2) is 0 Å². The maximum atomic E-state index is 13.2. The van der Waals surface area contributed by atoms with Crippen LogP contribution >= 0.6 is 0 Å². The Bertz CT molecular complexity index is 1320. The maximum absolute atomic E-state index is 13.2. The lowest BCUT2D eigenvalue weighted by Crippen LogP contribution is -2.41. The first-order valence-electron chi connectivity index (χ1n) is 11.9. The van der Waals surface area contributed by atoms with E-state index in [-0.39, 0.29) is 28.5 Å². The van der Waals surface area contributed by atoms with Crippen molar-refractivity contribution in [2.24, 2.45) is 0 Å². The highest BCUT2D eigenvalue weighted by molar-refractivity contribution is 7.87. The molecule has 190 valence electrons. The van der Waals surface area contributed by atoms with Gasteiger partial charge in [-0.1, -0.05) is 42.7 Å². The van der Waals surface area contributed by atoms with Crippen LogP contribution in [0, 0.1) is 6.92 Å². The Kier molecular flexibility index (Phi) is 7.84. The van der Waals surface area contributed by atoms with Crippen molar-refractivity contribution in [3.8, 4) is 17.2 Å². The van der Waals surface area contributed by atoms with E-state index in [4.69, 9.17) is 13.7 Å². The zero-order chi connectivity index (χ0) is 25.7. The molecule has 0 saturated heterocycles. The predicted molar refractivity (Wildman–Crippen MR) is 137 cm³/mol. The van der Waals surface area contributed by atoms with Crippen molar-refractivity contribution in [1.82, 2.24) is 5.32 Å². The smallest absolute Gasteiger partial charge is 0.339 e. The molecule has 0 heterocycles. The molecule has 2 unspecified atom stereocenters. The zero-order valence-corrected chi connectivity index (χ0v) is 21.5. The van der Waals surface area contributed by atoms with Gasteiger partial charge >= 0.3 is 10.1 Å². The molecule has 1 fully saturated rings. The molecule has 4 rings (SSSR count). The zero-order valence-electron chi connectivity index (χ0n) is 20.7. The molecule has 1 saturated carbocycles. The summed E-state index contributed by atoms with van der Waals surface area (Å²) in [4.78, 5) is 13.2. The first kappa shape index (κ1) is 25.6. The summed E-state index contributed by atoms with van der Waals surface area (Å²) in [6.45, 7) is 1.88. The summed E-state index contributed by atoms with van der Waals surface area (Å²) < 4.78 is 41.5. The quantitative estimate of drug-likeness (QED) is 0.418. The summed E-state index contributed by atoms with van der Waals surface area (Å²) in [6.07, 6.45) is 3.89. The van der Waals surface area contributed by atoms with Crippen molar-refractivity contribution in [3.05, 3.63) is 83.4 Å². The lowest BCUT2D eigenvalue weighted by molar-refractivity contribution is 0.0920. The Hall–Kier alpha value is -3.52. The van der Waals surface area contributed by atoms with Gasteiger partial charge in [0.2, 0.25) is 0 Å². The molecule has 1 aliphatic carbocycles. The second-order valence-electron chi connectivity index (χ2n) is 8.96. The highest BCUT2D eigenvalue weighted by Gasteiger charge is 2.29. The fourth-order valence-corrected chi connectivity index (χ4v) is 5.53. The molecule has 0 radical (unpaired) electrons. The van der Waals surface area contributed by atoms with Gasteiger partial charge in [-0.05, 0) is 67.8 Å². The molecule has 1 amide bonds. The SMILES string of the molecule is COc1ccc(C2CCCCC2NC(=O)c2cccc(OS(=O)(=O)c3ccc(C)cc3)c2)cc1OC. The molecular weight excluding hydrogens is 478 g/mol. The third-order valence-electron chi connectivity index (χ3n) is 6.53. The van der Waals surface area contributed by atoms with Crippen LogP contribution in [0.1, 0.15) is 53.1 Å². The van der Waals surface area contributed by atoms with Gasteiger partial charge in [0, 0.05) is 17.5 Å². The average Bonchev–Trinajstić information content (AvgIpc) is 2.88. The van der Waals surface area contributed by atoms with Gasteiger partial charge in [0.15, 0.2) is 11.5 Å². The van der Waals surface area contributed by atoms with Crippen molar-refractivity contribution in [2.45, 2.75) is 49.5 Å². The molecule has 3 aromatic carbocycles. The van der Waals surface area contributed by atoms with E-state index in [0.717, 1.165) is 36.8 Å². The molecule has 8 heteroatoms. The molecule has 3 aromatic rings. The fraction of sp³-hybridized carbons (Fsp3) is 0.321. The highest BCUT2D eigenvalue weighted by atomic mass is 32.2. The number of benzene rings is 3. The van der Waals surface area contributed by atoms with Crippen molar-refractivity contribution >= 4 is 16.0 Å². The predicted octanol–water partition coefficient (Wildman–Crippen LogP) is 5.24. The molecule has 0 spiro atoms. The molecular formula is C28H31NO6S. The van der Waals surface area contributed by atoms with E-state index in [1.807, 2.05) is 25.1 Å². The van der Waals surface area contributed by atoms with Crippen molar-refractivity contribution in [1.29, 1.82) is 0 Å². The molecule has 36 heavy (non-hydrogen) atoms. The molecule has 0 aliphatic heterocycles. The van der Waals surface area contributed by atoms with Crippen molar-refractivity contribution in [3.63, 3.8) is 0 Å². The van der Waals surface area contributed by atoms with E-state index >= 15 is 0 Å². The second kappa shape index (κ2) is 11.0. The lowest BCUT2D eigenvalue weighted by atomic mass is 9.79. The first-order chi connectivity index (χ1) is 17.3. The van der Waals surface area contributed by atoms with Gasteiger partial charge in [-0.2, -0.15) is 8.42 Å². The number of methoxy groups -OCH3 is 2. The topological polar surface area (TPSA) is 90.9 Å². The molecule has 0 bridgehead atoms. The minimum atomic E-state index is -4.01. The maximum Gasteiger partial charge on any atom is 0.339 e. The van der Waals surface area contributed by atoms with Crippen LogP contribution in [0.3, 0.4) is 0 Å². The Morgan fingerprint density at radius 1 is 0.889 bits per heavy atom. The highest BCUT2D eigenvalue weighted by Crippen LogP contribution is 2.37. The molecule has 1 aliphatic rings. The van der Waals surface area contributed by atoms with Crippen LogP contribution in [0.5, 0.6) is 17.2 Å². The summed E-state index contributed by atoms with van der Waals surface area (Å²) in [5, 5.41) is 3.16. The summed E-state index contributed by atoms with van der Waals surface area (Å²) in [7, 11) is -0.802. The fourth-order valence-electron chi connectivity index (χ4n) is 4.61. The first-order valence-corrected chi connectivity index (χ1v) is 13.4. The van der Waals surface area contributed by atoms with E-state index in [9.17, 15) is 13.2 Å². The average molecular weight is 510 g/mol. The monoisotopic (exact) mass is 509 g/mol. The third kappa shape index (κ3) is 5.82. The van der Waals surface area contributed by atoms with Crippen LogP contribution < -0.4 is 19.0 Å². The van der Waals surface area contributed by atoms with Crippen LogP contribution in [0.25, 0.3) is 0 Å². The van der Waals surface area contributed by atoms with Crippen LogP contribution in [-0.2, 0) is 10.1 Å². The number of carbonyl (C=O) groups excluding carboxylic acids is 1. The van der Waals surface area contributed by atoms with Crippen molar-refractivity contribution < 1.29 is 26.9 Å². The summed E-state index contributed by atoms with van der Waals surface area (Å²) in [5.41, 5.74) is 2.36. The number of hydrogen-bond acceptors (Lipinski definition) is 6. The normalized spacial score (nSPS) is 17.8. The van der Waals surface area contributed by atoms with Gasteiger partial charge in [-0.3, -0.25) is 4.79 Å². The second-order valence-corrected chi connectivity index (χ2v) is 10.5. The third-order valence-corrected chi connectivity index (χ3v) is 7.79. The van der Waals surface area contributed by atoms with E-state index in [2.05, 4.69) is 5.32 Å². The van der Waals surface area contributed by atoms with Gasteiger partial charge < -0.3 is 19.0 Å². The minimum absolute atomic E-state index is 0.0583. The number of hydrogen-bond donors (Lipinski definition) is 1. The van der Waals surface area contributed by atoms with Crippen LogP contribution in [0.15, 0.2) is 71.6 Å². The van der Waals surface area contributed by atoms with Crippen LogP contribution in [-0.4, -0.2) is 34.6 Å². The molecule has 7 nitrogen and oxygen atoms in total. The standard InChI is InChI=1S/C28H31NO6S/c1-19-11-14-23(15-12-19)36(31,32)35-22-8-6-7-21(17-22)28(30)29-25-10-5-4-9-24(25)20-13-16-26(33-2)27(18-20)34-3/h6-8,11-18,24-25H,4-5,9-10H2,1-3H3,(H,29,30). The van der Waals surface area contributed by atoms with E-state index in [0.29, 0.717) is 17.1 Å². The van der Waals surface area contributed by atoms with Gasteiger partial charge in [-0.15, -0.1) is 0 Å². The Morgan fingerprint density at radius 3 is 2.33 bits per heavy atom. The Morgan fingerprint density at radius 2 is 1.61 bits per heavy atom. The number of nitrogens with one attached hydrogen (secondary N) is 1. The lowest BCUT2D eigenvalue weighted by Gasteiger charge is -2.33. The number of rotatable bonds is 8. The number of aryl methyl sites for hydroxylation is 1.